The molecule has 1 atom stereocenters. The number of carbonyl (C=O) groups is 2. The lowest BCUT2D eigenvalue weighted by molar-refractivity contribution is -0.159. The molecular formula is C13H13Br2NO5. The van der Waals surface area contributed by atoms with Crippen LogP contribution in [-0.2, 0) is 14.3 Å². The smallest absolute Gasteiger partial charge is 0.334 e. The maximum Gasteiger partial charge on any atom is 0.334 e. The van der Waals surface area contributed by atoms with Crippen molar-refractivity contribution in [1.29, 1.82) is 0 Å². The topological polar surface area (TPSA) is 76.1 Å². The summed E-state index contributed by atoms with van der Waals surface area (Å²) in [5.74, 6) is -0.780. The lowest BCUT2D eigenvalue weighted by Gasteiger charge is -2.30. The largest absolute Gasteiger partial charge is 0.483 e. The molecule has 1 fully saturated rings. The van der Waals surface area contributed by atoms with E-state index in [1.165, 1.54) is 4.90 Å². The van der Waals surface area contributed by atoms with E-state index in [1.54, 1.807) is 12.1 Å². The standard InChI is InChI=1S/C13H13Br2NO5/c14-8-1-2-10(9(15)5-8)21-7-12(17)16-3-4-20-11(6-16)13(18)19/h1-2,5,11H,3-4,6-7H2,(H,18,19). The van der Waals surface area contributed by atoms with Gasteiger partial charge in [-0.15, -0.1) is 0 Å². The molecule has 0 aromatic heterocycles. The number of morpholine rings is 1. The third-order valence-corrected chi connectivity index (χ3v) is 4.05. The molecule has 1 amide bonds. The molecule has 2 rings (SSSR count). The summed E-state index contributed by atoms with van der Waals surface area (Å²) in [6, 6.07) is 5.36. The Balaban J connectivity index is 1.90. The Labute approximate surface area is 138 Å². The fourth-order valence-corrected chi connectivity index (χ4v) is 3.01. The van der Waals surface area contributed by atoms with Crippen molar-refractivity contribution in [2.45, 2.75) is 6.10 Å². The highest BCUT2D eigenvalue weighted by molar-refractivity contribution is 9.11. The molecular weight excluding hydrogens is 410 g/mol. The van der Waals surface area contributed by atoms with Gasteiger partial charge < -0.3 is 19.5 Å². The molecule has 6 nitrogen and oxygen atoms in total. The summed E-state index contributed by atoms with van der Waals surface area (Å²) < 4.78 is 12.1. The first kappa shape index (κ1) is 16.3. The van der Waals surface area contributed by atoms with Gasteiger partial charge in [-0.25, -0.2) is 4.79 Å². The second-order valence-electron chi connectivity index (χ2n) is 4.40. The van der Waals surface area contributed by atoms with Crippen LogP contribution in [-0.4, -0.2) is 54.3 Å². The minimum absolute atomic E-state index is 0.0407. The first-order valence-electron chi connectivity index (χ1n) is 6.17. The molecule has 114 valence electrons. The zero-order chi connectivity index (χ0) is 15.4. The molecule has 8 heteroatoms. The van der Waals surface area contributed by atoms with Crippen molar-refractivity contribution >= 4 is 43.7 Å². The molecule has 0 radical (unpaired) electrons. The maximum absolute atomic E-state index is 12.0. The number of amides is 1. The summed E-state index contributed by atoms with van der Waals surface area (Å²) in [4.78, 5) is 24.4. The highest BCUT2D eigenvalue weighted by atomic mass is 79.9. The number of carboxylic acids is 1. The lowest BCUT2D eigenvalue weighted by atomic mass is 10.2. The molecule has 0 bridgehead atoms. The molecule has 1 aliphatic rings. The van der Waals surface area contributed by atoms with Gasteiger partial charge in [0.05, 0.1) is 17.6 Å². The van der Waals surface area contributed by atoms with Crippen LogP contribution in [0.1, 0.15) is 0 Å². The average molecular weight is 423 g/mol. The van der Waals surface area contributed by atoms with E-state index in [4.69, 9.17) is 14.6 Å². The predicted octanol–water partition coefficient (Wildman–Crippen LogP) is 1.90. The van der Waals surface area contributed by atoms with Crippen LogP contribution in [0.4, 0.5) is 0 Å². The molecule has 1 unspecified atom stereocenters. The first-order valence-corrected chi connectivity index (χ1v) is 7.76. The van der Waals surface area contributed by atoms with Crippen LogP contribution < -0.4 is 4.74 Å². The predicted molar refractivity (Wildman–Crippen MR) is 81.3 cm³/mol. The average Bonchev–Trinajstić information content (AvgIpc) is 2.46. The van der Waals surface area contributed by atoms with Gasteiger partial charge in [0.25, 0.3) is 5.91 Å². The van der Waals surface area contributed by atoms with Crippen LogP contribution in [0.3, 0.4) is 0 Å². The summed E-state index contributed by atoms with van der Waals surface area (Å²) in [5.41, 5.74) is 0. The molecule has 1 heterocycles. The van der Waals surface area contributed by atoms with Gasteiger partial charge in [-0.3, -0.25) is 4.79 Å². The second kappa shape index (κ2) is 7.24. The van der Waals surface area contributed by atoms with E-state index in [-0.39, 0.29) is 25.7 Å². The van der Waals surface area contributed by atoms with Crippen LogP contribution in [0.15, 0.2) is 27.1 Å². The number of carboxylic acid groups (broad SMARTS) is 1. The van der Waals surface area contributed by atoms with Crippen LogP contribution >= 0.6 is 31.9 Å². The van der Waals surface area contributed by atoms with E-state index in [0.29, 0.717) is 12.3 Å². The molecule has 21 heavy (non-hydrogen) atoms. The minimum atomic E-state index is -1.07. The van der Waals surface area contributed by atoms with Gasteiger partial charge in [-0.1, -0.05) is 15.9 Å². The molecule has 0 saturated carbocycles. The van der Waals surface area contributed by atoms with Crippen LogP contribution in [0.5, 0.6) is 5.75 Å². The zero-order valence-electron chi connectivity index (χ0n) is 10.9. The summed E-state index contributed by atoms with van der Waals surface area (Å²) in [7, 11) is 0. The monoisotopic (exact) mass is 421 g/mol. The van der Waals surface area contributed by atoms with E-state index < -0.39 is 12.1 Å². The quantitative estimate of drug-likeness (QED) is 0.801. The van der Waals surface area contributed by atoms with Crippen LogP contribution in [0, 0.1) is 0 Å². The van der Waals surface area contributed by atoms with Gasteiger partial charge in [0.2, 0.25) is 0 Å². The summed E-state index contributed by atoms with van der Waals surface area (Å²) in [6.07, 6.45) is -0.970. The molecule has 1 aromatic carbocycles. The van der Waals surface area contributed by atoms with Crippen LogP contribution in [0.25, 0.3) is 0 Å². The van der Waals surface area contributed by atoms with Crippen LogP contribution in [0.2, 0.25) is 0 Å². The van der Waals surface area contributed by atoms with Gasteiger partial charge in [-0.05, 0) is 34.1 Å². The highest BCUT2D eigenvalue weighted by Crippen LogP contribution is 2.28. The fraction of sp³-hybridized carbons (Fsp3) is 0.385. The van der Waals surface area contributed by atoms with Crippen molar-refractivity contribution in [3.8, 4) is 5.75 Å². The summed E-state index contributed by atoms with van der Waals surface area (Å²) in [6.45, 7) is 0.476. The third kappa shape index (κ3) is 4.42. The number of benzene rings is 1. The molecule has 0 aliphatic carbocycles. The van der Waals surface area contributed by atoms with Crippen molar-refractivity contribution in [2.24, 2.45) is 0 Å². The van der Waals surface area contributed by atoms with Gasteiger partial charge in [0.1, 0.15) is 5.75 Å². The Hall–Kier alpha value is -1.12. The van der Waals surface area contributed by atoms with Crippen molar-refractivity contribution < 1.29 is 24.2 Å². The van der Waals surface area contributed by atoms with Gasteiger partial charge in [0.15, 0.2) is 12.7 Å². The molecule has 0 spiro atoms. The molecule has 1 N–H and O–H groups in total. The number of hydrogen-bond donors (Lipinski definition) is 1. The maximum atomic E-state index is 12.0. The zero-order valence-corrected chi connectivity index (χ0v) is 14.1. The fourth-order valence-electron chi connectivity index (χ4n) is 1.85. The van der Waals surface area contributed by atoms with E-state index in [0.717, 1.165) is 8.95 Å². The third-order valence-electron chi connectivity index (χ3n) is 2.94. The normalized spacial score (nSPS) is 18.4. The number of aliphatic carboxylic acids is 1. The summed E-state index contributed by atoms with van der Waals surface area (Å²) >= 11 is 6.67. The lowest BCUT2D eigenvalue weighted by Crippen LogP contribution is -2.49. The number of halogens is 2. The Morgan fingerprint density at radius 1 is 1.43 bits per heavy atom. The summed E-state index contributed by atoms with van der Waals surface area (Å²) in [5, 5.41) is 8.90. The number of carbonyl (C=O) groups excluding carboxylic acids is 1. The van der Waals surface area contributed by atoms with Crippen molar-refractivity contribution in [3.05, 3.63) is 27.1 Å². The van der Waals surface area contributed by atoms with E-state index in [1.807, 2.05) is 6.07 Å². The van der Waals surface area contributed by atoms with Crippen molar-refractivity contribution in [3.63, 3.8) is 0 Å². The molecule has 1 aliphatic heterocycles. The second-order valence-corrected chi connectivity index (χ2v) is 6.17. The van der Waals surface area contributed by atoms with E-state index >= 15 is 0 Å². The molecule has 1 aromatic rings. The number of nitrogens with zero attached hydrogens (tertiary/aromatic N) is 1. The molecule has 1 saturated heterocycles. The van der Waals surface area contributed by atoms with Gasteiger partial charge >= 0.3 is 5.97 Å². The SMILES string of the molecule is O=C(O)C1CN(C(=O)COc2ccc(Br)cc2Br)CCO1. The van der Waals surface area contributed by atoms with Crippen molar-refractivity contribution in [2.75, 3.05) is 26.3 Å². The van der Waals surface area contributed by atoms with Gasteiger partial charge in [0, 0.05) is 11.0 Å². The van der Waals surface area contributed by atoms with E-state index in [9.17, 15) is 9.59 Å². The Kier molecular flexibility index (Phi) is 5.60. The Morgan fingerprint density at radius 3 is 2.86 bits per heavy atom. The Bertz CT molecular complexity index is 551. The number of hydrogen-bond acceptors (Lipinski definition) is 4. The minimum Gasteiger partial charge on any atom is -0.483 e. The first-order chi connectivity index (χ1) is 9.97. The highest BCUT2D eigenvalue weighted by Gasteiger charge is 2.29. The van der Waals surface area contributed by atoms with Crippen molar-refractivity contribution in [1.82, 2.24) is 4.90 Å². The van der Waals surface area contributed by atoms with Gasteiger partial charge in [-0.2, -0.15) is 0 Å². The van der Waals surface area contributed by atoms with E-state index in [2.05, 4.69) is 31.9 Å². The Morgan fingerprint density at radius 2 is 2.19 bits per heavy atom. The number of rotatable bonds is 4. The number of ether oxygens (including phenoxy) is 2.